The maximum atomic E-state index is 5.97. The highest BCUT2D eigenvalue weighted by Gasteiger charge is 2.20. The van der Waals surface area contributed by atoms with Crippen LogP contribution in [-0.4, -0.2) is 24.5 Å². The lowest BCUT2D eigenvalue weighted by molar-refractivity contribution is 0.318. The van der Waals surface area contributed by atoms with E-state index in [0.717, 1.165) is 35.7 Å². The smallest absolute Gasteiger partial charge is 0.0548 e. The van der Waals surface area contributed by atoms with Gasteiger partial charge in [-0.3, -0.25) is 4.90 Å². The number of nitrogens with zero attached hydrogens (tertiary/aromatic N) is 1. The molecule has 1 fully saturated rings. The van der Waals surface area contributed by atoms with Crippen LogP contribution < -0.4 is 5.73 Å². The van der Waals surface area contributed by atoms with Crippen molar-refractivity contribution in [1.82, 2.24) is 4.90 Å². The molecule has 0 aromatic heterocycles. The Bertz CT molecular complexity index is 370. The van der Waals surface area contributed by atoms with Crippen molar-refractivity contribution in [2.75, 3.05) is 19.6 Å². The molecule has 1 atom stereocenters. The number of hydrogen-bond donors (Lipinski definition) is 1. The zero-order valence-corrected chi connectivity index (χ0v) is 11.5. The lowest BCUT2D eigenvalue weighted by Gasteiger charge is -2.16. The van der Waals surface area contributed by atoms with Crippen LogP contribution in [0.4, 0.5) is 0 Å². The molecule has 0 saturated carbocycles. The van der Waals surface area contributed by atoms with E-state index in [1.54, 1.807) is 0 Å². The molecule has 0 bridgehead atoms. The zero-order chi connectivity index (χ0) is 11.5. The monoisotopic (exact) mass is 302 g/mol. The van der Waals surface area contributed by atoms with E-state index in [1.807, 2.05) is 6.07 Å². The minimum absolute atomic E-state index is 0.677. The van der Waals surface area contributed by atoms with Gasteiger partial charge in [-0.05, 0) is 59.1 Å². The molecular weight excluding hydrogens is 288 g/mol. The first kappa shape index (κ1) is 12.4. The summed E-state index contributed by atoms with van der Waals surface area (Å²) in [4.78, 5) is 2.45. The van der Waals surface area contributed by atoms with E-state index in [0.29, 0.717) is 5.92 Å². The molecule has 1 aliphatic heterocycles. The maximum Gasteiger partial charge on any atom is 0.0548 e. The summed E-state index contributed by atoms with van der Waals surface area (Å²) in [5.41, 5.74) is 6.98. The first-order chi connectivity index (χ1) is 7.69. The molecule has 2 N–H and O–H groups in total. The van der Waals surface area contributed by atoms with Gasteiger partial charge < -0.3 is 5.73 Å². The van der Waals surface area contributed by atoms with Crippen molar-refractivity contribution in [3.05, 3.63) is 33.3 Å². The van der Waals surface area contributed by atoms with Crippen molar-refractivity contribution < 1.29 is 0 Å². The van der Waals surface area contributed by atoms with Crippen molar-refractivity contribution in [3.8, 4) is 0 Å². The number of nitrogens with two attached hydrogens (primary N) is 1. The maximum absolute atomic E-state index is 5.97. The van der Waals surface area contributed by atoms with Gasteiger partial charge in [0.2, 0.25) is 0 Å². The van der Waals surface area contributed by atoms with Gasteiger partial charge in [-0.15, -0.1) is 0 Å². The third kappa shape index (κ3) is 2.98. The Kier molecular flexibility index (Phi) is 4.25. The third-order valence-electron chi connectivity index (χ3n) is 3.09. The standard InChI is InChI=1S/C12H16BrClN2/c13-11-5-9(1-2-12(11)14)7-16-4-3-10(6-15)8-16/h1-2,5,10H,3-4,6-8,15H2. The second-order valence-electron chi connectivity index (χ2n) is 4.37. The minimum atomic E-state index is 0.677. The van der Waals surface area contributed by atoms with Gasteiger partial charge in [-0.1, -0.05) is 17.7 Å². The highest BCUT2D eigenvalue weighted by atomic mass is 79.9. The van der Waals surface area contributed by atoms with Crippen LogP contribution in [0.15, 0.2) is 22.7 Å². The Morgan fingerprint density at radius 1 is 1.50 bits per heavy atom. The number of halogens is 2. The first-order valence-corrected chi connectivity index (χ1v) is 6.72. The molecule has 2 nitrogen and oxygen atoms in total. The van der Waals surface area contributed by atoms with Gasteiger partial charge in [0.25, 0.3) is 0 Å². The van der Waals surface area contributed by atoms with Crippen LogP contribution in [0.1, 0.15) is 12.0 Å². The van der Waals surface area contributed by atoms with Crippen molar-refractivity contribution >= 4 is 27.5 Å². The van der Waals surface area contributed by atoms with E-state index in [-0.39, 0.29) is 0 Å². The normalized spacial score (nSPS) is 21.6. The molecule has 1 unspecified atom stereocenters. The molecule has 1 aliphatic rings. The fourth-order valence-corrected chi connectivity index (χ4v) is 2.69. The van der Waals surface area contributed by atoms with E-state index in [1.165, 1.54) is 12.0 Å². The predicted molar refractivity (Wildman–Crippen MR) is 71.6 cm³/mol. The molecule has 1 saturated heterocycles. The topological polar surface area (TPSA) is 29.3 Å². The van der Waals surface area contributed by atoms with Gasteiger partial charge in [-0.25, -0.2) is 0 Å². The van der Waals surface area contributed by atoms with E-state index >= 15 is 0 Å². The Morgan fingerprint density at radius 3 is 2.94 bits per heavy atom. The van der Waals surface area contributed by atoms with Crippen LogP contribution in [0.25, 0.3) is 0 Å². The van der Waals surface area contributed by atoms with Gasteiger partial charge in [0.15, 0.2) is 0 Å². The van der Waals surface area contributed by atoms with E-state index in [9.17, 15) is 0 Å². The van der Waals surface area contributed by atoms with Gasteiger partial charge >= 0.3 is 0 Å². The molecule has 1 heterocycles. The Hall–Kier alpha value is -0.0900. The Balaban J connectivity index is 1.97. The van der Waals surface area contributed by atoms with Crippen LogP contribution >= 0.6 is 27.5 Å². The van der Waals surface area contributed by atoms with Gasteiger partial charge in [-0.2, -0.15) is 0 Å². The minimum Gasteiger partial charge on any atom is -0.330 e. The summed E-state index contributed by atoms with van der Waals surface area (Å²) in [5.74, 6) is 0.677. The molecule has 88 valence electrons. The fraction of sp³-hybridized carbons (Fsp3) is 0.500. The van der Waals surface area contributed by atoms with E-state index in [2.05, 4.69) is 33.0 Å². The number of likely N-dealkylation sites (tertiary alicyclic amines) is 1. The number of hydrogen-bond acceptors (Lipinski definition) is 2. The number of benzene rings is 1. The molecule has 1 aromatic rings. The van der Waals surface area contributed by atoms with Crippen molar-refractivity contribution in [1.29, 1.82) is 0 Å². The fourth-order valence-electron chi connectivity index (χ4n) is 2.15. The molecule has 0 amide bonds. The van der Waals surface area contributed by atoms with Crippen LogP contribution in [-0.2, 0) is 6.54 Å². The summed E-state index contributed by atoms with van der Waals surface area (Å²) in [6.07, 6.45) is 1.23. The van der Waals surface area contributed by atoms with Gasteiger partial charge in [0, 0.05) is 17.6 Å². The summed E-state index contributed by atoms with van der Waals surface area (Å²) < 4.78 is 0.973. The summed E-state index contributed by atoms with van der Waals surface area (Å²) in [5, 5.41) is 0.769. The van der Waals surface area contributed by atoms with Crippen LogP contribution in [0.3, 0.4) is 0 Å². The molecule has 0 aliphatic carbocycles. The molecular formula is C12H16BrClN2. The van der Waals surface area contributed by atoms with Gasteiger partial charge in [0.05, 0.1) is 5.02 Å². The second-order valence-corrected chi connectivity index (χ2v) is 5.64. The molecule has 2 rings (SSSR count). The SMILES string of the molecule is NCC1CCN(Cc2ccc(Cl)c(Br)c2)C1. The Morgan fingerprint density at radius 2 is 2.31 bits per heavy atom. The second kappa shape index (κ2) is 5.50. The van der Waals surface area contributed by atoms with Crippen molar-refractivity contribution in [2.24, 2.45) is 11.7 Å². The van der Waals surface area contributed by atoms with E-state index < -0.39 is 0 Å². The largest absolute Gasteiger partial charge is 0.330 e. The number of rotatable bonds is 3. The first-order valence-electron chi connectivity index (χ1n) is 5.55. The lowest BCUT2D eigenvalue weighted by Crippen LogP contribution is -2.22. The summed E-state index contributed by atoms with van der Waals surface area (Å²) in [7, 11) is 0. The van der Waals surface area contributed by atoms with Crippen molar-refractivity contribution in [2.45, 2.75) is 13.0 Å². The zero-order valence-electron chi connectivity index (χ0n) is 9.13. The summed E-state index contributed by atoms with van der Waals surface area (Å²) in [6, 6.07) is 6.12. The summed E-state index contributed by atoms with van der Waals surface area (Å²) >= 11 is 9.42. The average Bonchev–Trinajstić information content (AvgIpc) is 2.71. The lowest BCUT2D eigenvalue weighted by atomic mass is 10.1. The van der Waals surface area contributed by atoms with E-state index in [4.69, 9.17) is 17.3 Å². The Labute approximate surface area is 110 Å². The molecule has 4 heteroatoms. The molecule has 16 heavy (non-hydrogen) atoms. The average molecular weight is 304 g/mol. The quantitative estimate of drug-likeness (QED) is 0.930. The van der Waals surface area contributed by atoms with Crippen LogP contribution in [0.2, 0.25) is 5.02 Å². The molecule has 1 aromatic carbocycles. The molecule has 0 radical (unpaired) electrons. The van der Waals surface area contributed by atoms with Crippen molar-refractivity contribution in [3.63, 3.8) is 0 Å². The predicted octanol–water partition coefficient (Wildman–Crippen LogP) is 2.88. The molecule has 0 spiro atoms. The third-order valence-corrected chi connectivity index (χ3v) is 4.31. The van der Waals surface area contributed by atoms with Crippen LogP contribution in [0, 0.1) is 5.92 Å². The highest BCUT2D eigenvalue weighted by Crippen LogP contribution is 2.25. The highest BCUT2D eigenvalue weighted by molar-refractivity contribution is 9.10. The van der Waals surface area contributed by atoms with Gasteiger partial charge in [0.1, 0.15) is 0 Å². The van der Waals surface area contributed by atoms with Crippen LogP contribution in [0.5, 0.6) is 0 Å². The summed E-state index contributed by atoms with van der Waals surface area (Å²) in [6.45, 7) is 4.08.